The molecule has 7 nitrogen and oxygen atoms in total. The highest BCUT2D eigenvalue weighted by atomic mass is 32.2. The first-order valence-electron chi connectivity index (χ1n) is 12.0. The zero-order valence-electron chi connectivity index (χ0n) is 19.1. The van der Waals surface area contributed by atoms with E-state index >= 15 is 0 Å². The zero-order chi connectivity index (χ0) is 23.2. The van der Waals surface area contributed by atoms with Gasteiger partial charge in [-0.3, -0.25) is 14.4 Å². The highest BCUT2D eigenvalue weighted by Gasteiger charge is 2.74. The van der Waals surface area contributed by atoms with Crippen molar-refractivity contribution in [3.05, 3.63) is 12.7 Å². The van der Waals surface area contributed by atoms with E-state index in [1.165, 1.54) is 6.42 Å². The van der Waals surface area contributed by atoms with Crippen LogP contribution >= 0.6 is 11.8 Å². The molecule has 0 aromatic heterocycles. The Kier molecular flexibility index (Phi) is 6.65. The molecule has 8 heteroatoms. The summed E-state index contributed by atoms with van der Waals surface area (Å²) in [5.74, 6) is -2.83. The molecule has 1 spiro atoms. The van der Waals surface area contributed by atoms with Crippen LogP contribution in [0.1, 0.15) is 58.8 Å². The van der Waals surface area contributed by atoms with Gasteiger partial charge in [0.05, 0.1) is 29.2 Å². The molecular weight excluding hydrogens is 428 g/mol. The van der Waals surface area contributed by atoms with E-state index in [4.69, 9.17) is 0 Å². The summed E-state index contributed by atoms with van der Waals surface area (Å²) in [4.78, 5) is 43.8. The SMILES string of the molecule is C=CCN(C(=O)C1N([C@@H](CO)C(C)C)C(=O)[C@@H]2[C@@H](C(=O)O)[C@H]3CCC12S3)C1CCCCC1. The molecule has 1 saturated carbocycles. The predicted molar refractivity (Wildman–Crippen MR) is 123 cm³/mol. The van der Waals surface area contributed by atoms with E-state index in [0.29, 0.717) is 19.4 Å². The Hall–Kier alpha value is -1.54. The molecule has 3 heterocycles. The second kappa shape index (κ2) is 9.01. The maximum Gasteiger partial charge on any atom is 0.308 e. The van der Waals surface area contributed by atoms with Crippen molar-refractivity contribution in [1.29, 1.82) is 0 Å². The molecule has 4 rings (SSSR count). The second-order valence-electron chi connectivity index (χ2n) is 10.2. The van der Waals surface area contributed by atoms with E-state index in [1.807, 2.05) is 18.7 Å². The average molecular weight is 465 g/mol. The number of carbonyl (C=O) groups excluding carboxylic acids is 2. The molecular formula is C24H36N2O5S. The first-order valence-corrected chi connectivity index (χ1v) is 12.9. The minimum Gasteiger partial charge on any atom is -0.481 e. The number of amides is 2. The molecule has 6 atom stereocenters. The molecule has 0 radical (unpaired) electrons. The van der Waals surface area contributed by atoms with E-state index in [0.717, 1.165) is 25.7 Å². The Labute approximate surface area is 194 Å². The fraction of sp³-hybridized carbons (Fsp3) is 0.792. The summed E-state index contributed by atoms with van der Waals surface area (Å²) >= 11 is 1.55. The minimum absolute atomic E-state index is 0.0533. The van der Waals surface area contributed by atoms with Crippen LogP contribution in [0.5, 0.6) is 0 Å². The molecule has 0 aromatic rings. The number of hydrogen-bond acceptors (Lipinski definition) is 5. The maximum atomic E-state index is 14.3. The number of nitrogens with zero attached hydrogens (tertiary/aromatic N) is 2. The van der Waals surface area contributed by atoms with Gasteiger partial charge >= 0.3 is 5.97 Å². The molecule has 2 bridgehead atoms. The molecule has 2 unspecified atom stereocenters. The Morgan fingerprint density at radius 1 is 1.28 bits per heavy atom. The van der Waals surface area contributed by atoms with Gasteiger partial charge in [0.15, 0.2) is 0 Å². The van der Waals surface area contributed by atoms with Crippen molar-refractivity contribution < 1.29 is 24.6 Å². The lowest BCUT2D eigenvalue weighted by Crippen LogP contribution is -2.60. The van der Waals surface area contributed by atoms with Gasteiger partial charge in [-0.05, 0) is 31.6 Å². The Balaban J connectivity index is 1.78. The number of carbonyl (C=O) groups is 3. The number of aliphatic hydroxyl groups excluding tert-OH is 1. The predicted octanol–water partition coefficient (Wildman–Crippen LogP) is 2.53. The number of aliphatic hydroxyl groups is 1. The third-order valence-corrected chi connectivity index (χ3v) is 10.1. The summed E-state index contributed by atoms with van der Waals surface area (Å²) in [7, 11) is 0. The number of rotatable bonds is 8. The molecule has 3 aliphatic heterocycles. The van der Waals surface area contributed by atoms with Crippen LogP contribution in [0.3, 0.4) is 0 Å². The molecule has 0 aromatic carbocycles. The van der Waals surface area contributed by atoms with Gasteiger partial charge in [-0.25, -0.2) is 0 Å². The Bertz CT molecular complexity index is 782. The molecule has 32 heavy (non-hydrogen) atoms. The van der Waals surface area contributed by atoms with Crippen LogP contribution in [0.4, 0.5) is 0 Å². The highest BCUT2D eigenvalue weighted by molar-refractivity contribution is 8.02. The van der Waals surface area contributed by atoms with Crippen LogP contribution in [0.25, 0.3) is 0 Å². The van der Waals surface area contributed by atoms with Crippen LogP contribution in [0.2, 0.25) is 0 Å². The summed E-state index contributed by atoms with van der Waals surface area (Å²) in [6.45, 7) is 7.91. The zero-order valence-corrected chi connectivity index (χ0v) is 19.9. The molecule has 2 amide bonds. The van der Waals surface area contributed by atoms with Gasteiger partial charge in [-0.1, -0.05) is 39.2 Å². The highest BCUT2D eigenvalue weighted by Crippen LogP contribution is 2.67. The minimum atomic E-state index is -0.948. The van der Waals surface area contributed by atoms with Gasteiger partial charge in [0.1, 0.15) is 6.04 Å². The molecule has 4 fully saturated rings. The van der Waals surface area contributed by atoms with Crippen LogP contribution < -0.4 is 0 Å². The molecule has 1 aliphatic carbocycles. The smallest absolute Gasteiger partial charge is 0.308 e. The Morgan fingerprint density at radius 2 is 1.97 bits per heavy atom. The summed E-state index contributed by atoms with van der Waals surface area (Å²) in [5, 5.41) is 20.0. The first kappa shape index (κ1) is 23.6. The van der Waals surface area contributed by atoms with Gasteiger partial charge in [0.2, 0.25) is 11.8 Å². The number of thioether (sulfide) groups is 1. The number of hydrogen-bond donors (Lipinski definition) is 2. The van der Waals surface area contributed by atoms with Gasteiger partial charge < -0.3 is 20.0 Å². The van der Waals surface area contributed by atoms with Crippen molar-refractivity contribution in [2.24, 2.45) is 17.8 Å². The van der Waals surface area contributed by atoms with Gasteiger partial charge in [-0.15, -0.1) is 18.3 Å². The topological polar surface area (TPSA) is 98.2 Å². The lowest BCUT2D eigenvalue weighted by atomic mass is 9.71. The van der Waals surface area contributed by atoms with Crippen molar-refractivity contribution in [3.8, 4) is 0 Å². The van der Waals surface area contributed by atoms with E-state index in [1.54, 1.807) is 22.7 Å². The summed E-state index contributed by atoms with van der Waals surface area (Å²) in [6.07, 6.45) is 8.33. The van der Waals surface area contributed by atoms with Gasteiger partial charge in [-0.2, -0.15) is 0 Å². The lowest BCUT2D eigenvalue weighted by Gasteiger charge is -2.43. The van der Waals surface area contributed by atoms with Crippen molar-refractivity contribution in [2.45, 2.75) is 86.9 Å². The van der Waals surface area contributed by atoms with E-state index in [2.05, 4.69) is 6.58 Å². The number of likely N-dealkylation sites (tertiary alicyclic amines) is 1. The van der Waals surface area contributed by atoms with Crippen molar-refractivity contribution >= 4 is 29.5 Å². The monoisotopic (exact) mass is 464 g/mol. The van der Waals surface area contributed by atoms with Crippen molar-refractivity contribution in [1.82, 2.24) is 9.80 Å². The van der Waals surface area contributed by atoms with E-state index < -0.39 is 34.6 Å². The fourth-order valence-corrected chi connectivity index (χ4v) is 8.93. The fourth-order valence-electron chi connectivity index (χ4n) is 6.74. The standard InChI is InChI=1S/C24H36N2O5S/c1-4-12-25(15-8-6-5-7-9-15)22(29)20-24-11-10-17(32-24)18(23(30)31)19(24)21(28)26(20)16(13-27)14(2)3/h4,14-20,27H,1,5-13H2,2-3H3,(H,30,31)/t16-,17+,18-,19-,20?,24?/m0/s1. The summed E-state index contributed by atoms with van der Waals surface area (Å²) in [6, 6.07) is -1.13. The second-order valence-corrected chi connectivity index (χ2v) is 11.8. The van der Waals surface area contributed by atoms with Crippen molar-refractivity contribution in [3.63, 3.8) is 0 Å². The third-order valence-electron chi connectivity index (χ3n) is 8.20. The number of carboxylic acids is 1. The van der Waals surface area contributed by atoms with Crippen LogP contribution in [-0.2, 0) is 14.4 Å². The summed E-state index contributed by atoms with van der Waals surface area (Å²) < 4.78 is -0.724. The third kappa shape index (κ3) is 3.49. The molecule has 4 aliphatic rings. The van der Waals surface area contributed by atoms with Crippen molar-refractivity contribution in [2.75, 3.05) is 13.2 Å². The summed E-state index contributed by atoms with van der Waals surface area (Å²) in [5.41, 5.74) is 0. The average Bonchev–Trinajstić information content (AvgIpc) is 3.40. The molecule has 2 N–H and O–H groups in total. The van der Waals surface area contributed by atoms with E-state index in [-0.39, 0.29) is 35.6 Å². The van der Waals surface area contributed by atoms with Gasteiger partial charge in [0, 0.05) is 17.8 Å². The van der Waals surface area contributed by atoms with Crippen LogP contribution in [-0.4, -0.2) is 79.1 Å². The van der Waals surface area contributed by atoms with Crippen LogP contribution in [0.15, 0.2) is 12.7 Å². The number of carboxylic acid groups (broad SMARTS) is 1. The number of aliphatic carboxylic acids is 1. The molecule has 3 saturated heterocycles. The quantitative estimate of drug-likeness (QED) is 0.536. The maximum absolute atomic E-state index is 14.3. The lowest BCUT2D eigenvalue weighted by molar-refractivity contribution is -0.150. The number of fused-ring (bicyclic) bond motifs is 1. The van der Waals surface area contributed by atoms with Crippen LogP contribution in [0, 0.1) is 17.8 Å². The molecule has 178 valence electrons. The Morgan fingerprint density at radius 3 is 2.53 bits per heavy atom. The first-order chi connectivity index (χ1) is 15.3. The largest absolute Gasteiger partial charge is 0.481 e. The normalized spacial score (nSPS) is 35.2. The van der Waals surface area contributed by atoms with E-state index in [9.17, 15) is 24.6 Å². The van der Waals surface area contributed by atoms with Gasteiger partial charge in [0.25, 0.3) is 0 Å².